The molecule has 2 amide bonds. The highest BCUT2D eigenvalue weighted by atomic mass is 16.4. The summed E-state index contributed by atoms with van der Waals surface area (Å²) in [6, 6.07) is 13.5. The number of para-hydroxylation sites is 1. The van der Waals surface area contributed by atoms with Crippen LogP contribution in [0.1, 0.15) is 28.9 Å². The molecule has 1 aromatic carbocycles. The highest BCUT2D eigenvalue weighted by molar-refractivity contribution is 5.95. The first kappa shape index (κ1) is 19.2. The molecule has 0 bridgehead atoms. The van der Waals surface area contributed by atoms with E-state index in [1.165, 1.54) is 0 Å². The lowest BCUT2D eigenvalue weighted by Gasteiger charge is -2.32. The molecule has 5 rings (SSSR count). The smallest absolute Gasteiger partial charge is 0.404 e. The molecule has 8 heteroatoms. The van der Waals surface area contributed by atoms with Gasteiger partial charge in [0.15, 0.2) is 0 Å². The van der Waals surface area contributed by atoms with Crippen LogP contribution in [-0.2, 0) is 0 Å². The van der Waals surface area contributed by atoms with Crippen molar-refractivity contribution in [3.63, 3.8) is 0 Å². The Morgan fingerprint density at radius 3 is 2.87 bits per heavy atom. The maximum Gasteiger partial charge on any atom is 0.404 e. The zero-order valence-electron chi connectivity index (χ0n) is 17.1. The second-order valence-electron chi connectivity index (χ2n) is 8.00. The number of amides is 2. The van der Waals surface area contributed by atoms with Crippen molar-refractivity contribution in [1.29, 1.82) is 0 Å². The van der Waals surface area contributed by atoms with Crippen LogP contribution < -0.4 is 5.32 Å². The molecule has 1 unspecified atom stereocenters. The van der Waals surface area contributed by atoms with Crippen molar-refractivity contribution < 1.29 is 14.7 Å². The molecular weight excluding hydrogens is 394 g/mol. The van der Waals surface area contributed by atoms with E-state index in [4.69, 9.17) is 10.1 Å². The number of hydrogen-bond donors (Lipinski definition) is 3. The third-order valence-corrected chi connectivity index (χ3v) is 5.93. The molecular formula is C23H23N5O3. The predicted molar refractivity (Wildman–Crippen MR) is 117 cm³/mol. The summed E-state index contributed by atoms with van der Waals surface area (Å²) in [4.78, 5) is 33.9. The number of benzene rings is 1. The lowest BCUT2D eigenvalue weighted by atomic mass is 10.0. The SMILES string of the molecule is Cc1c(-c2cc3ccccc3[nH]2)nc2cc(C(=O)N3CCCC(NC(=O)O)C3)ccn12. The Morgan fingerprint density at radius 2 is 2.06 bits per heavy atom. The molecule has 31 heavy (non-hydrogen) atoms. The number of fused-ring (bicyclic) bond motifs is 2. The van der Waals surface area contributed by atoms with Crippen LogP contribution in [0.3, 0.4) is 0 Å². The number of aryl methyl sites for hydroxylation is 1. The van der Waals surface area contributed by atoms with E-state index in [2.05, 4.69) is 22.4 Å². The zero-order valence-corrected chi connectivity index (χ0v) is 17.1. The van der Waals surface area contributed by atoms with Crippen molar-refractivity contribution in [3.05, 3.63) is 59.9 Å². The van der Waals surface area contributed by atoms with Gasteiger partial charge in [-0.25, -0.2) is 9.78 Å². The van der Waals surface area contributed by atoms with Gasteiger partial charge in [-0.1, -0.05) is 18.2 Å². The van der Waals surface area contributed by atoms with Crippen LogP contribution >= 0.6 is 0 Å². The first-order valence-corrected chi connectivity index (χ1v) is 10.3. The summed E-state index contributed by atoms with van der Waals surface area (Å²) in [5.74, 6) is -0.104. The van der Waals surface area contributed by atoms with Crippen LogP contribution in [0.25, 0.3) is 27.9 Å². The van der Waals surface area contributed by atoms with Gasteiger partial charge >= 0.3 is 6.09 Å². The number of hydrogen-bond acceptors (Lipinski definition) is 3. The molecule has 1 atom stereocenters. The quantitative estimate of drug-likeness (QED) is 0.473. The minimum absolute atomic E-state index is 0.104. The van der Waals surface area contributed by atoms with E-state index in [1.54, 1.807) is 17.0 Å². The van der Waals surface area contributed by atoms with Gasteiger partial charge in [-0.2, -0.15) is 0 Å². The summed E-state index contributed by atoms with van der Waals surface area (Å²) in [7, 11) is 0. The summed E-state index contributed by atoms with van der Waals surface area (Å²) in [6.45, 7) is 3.01. The number of aromatic nitrogens is 3. The first-order chi connectivity index (χ1) is 15.0. The van der Waals surface area contributed by atoms with Crippen LogP contribution in [0, 0.1) is 6.92 Å². The number of carbonyl (C=O) groups is 2. The number of H-pyrrole nitrogens is 1. The summed E-state index contributed by atoms with van der Waals surface area (Å²) in [5.41, 5.74) is 5.09. The number of carbonyl (C=O) groups excluding carboxylic acids is 1. The Morgan fingerprint density at radius 1 is 1.23 bits per heavy atom. The van der Waals surface area contributed by atoms with Crippen molar-refractivity contribution in [3.8, 4) is 11.4 Å². The highest BCUT2D eigenvalue weighted by Gasteiger charge is 2.26. The van der Waals surface area contributed by atoms with E-state index in [-0.39, 0.29) is 11.9 Å². The van der Waals surface area contributed by atoms with Gasteiger partial charge in [-0.05, 0) is 44.0 Å². The lowest BCUT2D eigenvalue weighted by molar-refractivity contribution is 0.0692. The van der Waals surface area contributed by atoms with E-state index in [0.29, 0.717) is 24.3 Å². The summed E-state index contributed by atoms with van der Waals surface area (Å²) in [5, 5.41) is 12.6. The van der Waals surface area contributed by atoms with Gasteiger partial charge in [-0.15, -0.1) is 0 Å². The Balaban J connectivity index is 1.45. The molecule has 3 N–H and O–H groups in total. The van der Waals surface area contributed by atoms with Crippen LogP contribution in [0.4, 0.5) is 4.79 Å². The Bertz CT molecular complexity index is 1270. The zero-order chi connectivity index (χ0) is 21.5. The number of piperidine rings is 1. The lowest BCUT2D eigenvalue weighted by Crippen LogP contribution is -2.49. The van der Waals surface area contributed by atoms with Gasteiger partial charge < -0.3 is 24.7 Å². The van der Waals surface area contributed by atoms with Crippen LogP contribution in [0.5, 0.6) is 0 Å². The molecule has 0 radical (unpaired) electrons. The minimum atomic E-state index is -1.06. The topological polar surface area (TPSA) is 103 Å². The van der Waals surface area contributed by atoms with Crippen LogP contribution in [0.2, 0.25) is 0 Å². The van der Waals surface area contributed by atoms with Crippen molar-refractivity contribution in [2.24, 2.45) is 0 Å². The fourth-order valence-corrected chi connectivity index (χ4v) is 4.39. The maximum absolute atomic E-state index is 13.1. The number of nitrogens with zero attached hydrogens (tertiary/aromatic N) is 3. The Labute approximate surface area is 178 Å². The number of rotatable bonds is 3. The molecule has 1 aliphatic rings. The standard InChI is InChI=1S/C23H23N5O3/c1-14-21(19-11-15-5-2-3-7-18(15)25-19)26-20-12-16(8-10-28(14)20)22(29)27-9-4-6-17(13-27)24-23(30)31/h2-3,5,7-8,10-12,17,24-25H,4,6,9,13H2,1H3,(H,30,31). The number of imidazole rings is 1. The first-order valence-electron chi connectivity index (χ1n) is 10.3. The molecule has 0 spiro atoms. The van der Waals surface area contributed by atoms with Gasteiger partial charge in [0.05, 0.1) is 5.69 Å². The maximum atomic E-state index is 13.1. The van der Waals surface area contributed by atoms with Gasteiger partial charge in [0.1, 0.15) is 11.3 Å². The summed E-state index contributed by atoms with van der Waals surface area (Å²) < 4.78 is 1.97. The molecule has 4 aromatic rings. The number of likely N-dealkylation sites (tertiary alicyclic amines) is 1. The van der Waals surface area contributed by atoms with E-state index < -0.39 is 6.09 Å². The van der Waals surface area contributed by atoms with Gasteiger partial charge in [0.2, 0.25) is 0 Å². The Kier molecular flexibility index (Phi) is 4.62. The van der Waals surface area contributed by atoms with Gasteiger partial charge in [0, 0.05) is 47.5 Å². The highest BCUT2D eigenvalue weighted by Crippen LogP contribution is 2.27. The van der Waals surface area contributed by atoms with Crippen molar-refractivity contribution in [2.75, 3.05) is 13.1 Å². The second-order valence-corrected chi connectivity index (χ2v) is 8.00. The van der Waals surface area contributed by atoms with Gasteiger partial charge in [0.25, 0.3) is 5.91 Å². The fraction of sp³-hybridized carbons (Fsp3) is 0.261. The molecule has 1 fully saturated rings. The third-order valence-electron chi connectivity index (χ3n) is 5.93. The predicted octanol–water partition coefficient (Wildman–Crippen LogP) is 3.66. The van der Waals surface area contributed by atoms with Crippen molar-refractivity contribution >= 4 is 28.6 Å². The number of nitrogens with one attached hydrogen (secondary N) is 2. The average Bonchev–Trinajstić information content (AvgIpc) is 3.33. The normalized spacial score (nSPS) is 16.7. The number of pyridine rings is 1. The Hall–Kier alpha value is -3.81. The average molecular weight is 417 g/mol. The summed E-state index contributed by atoms with van der Waals surface area (Å²) in [6.07, 6.45) is 2.32. The molecule has 3 aromatic heterocycles. The minimum Gasteiger partial charge on any atom is -0.465 e. The molecule has 0 saturated carbocycles. The second kappa shape index (κ2) is 7.46. The summed E-state index contributed by atoms with van der Waals surface area (Å²) >= 11 is 0. The van der Waals surface area contributed by atoms with Crippen LogP contribution in [-0.4, -0.2) is 55.5 Å². The molecule has 4 heterocycles. The van der Waals surface area contributed by atoms with E-state index in [9.17, 15) is 9.59 Å². The van der Waals surface area contributed by atoms with Crippen molar-refractivity contribution in [2.45, 2.75) is 25.8 Å². The molecule has 158 valence electrons. The number of aromatic amines is 1. The van der Waals surface area contributed by atoms with Gasteiger partial charge in [-0.3, -0.25) is 4.79 Å². The number of carboxylic acid groups (broad SMARTS) is 1. The third kappa shape index (κ3) is 3.50. The molecule has 0 aliphatic carbocycles. The van der Waals surface area contributed by atoms with Crippen molar-refractivity contribution in [1.82, 2.24) is 24.6 Å². The fourth-order valence-electron chi connectivity index (χ4n) is 4.39. The van der Waals surface area contributed by atoms with E-state index in [0.717, 1.165) is 40.8 Å². The molecule has 1 saturated heterocycles. The monoisotopic (exact) mass is 417 g/mol. The van der Waals surface area contributed by atoms with E-state index in [1.807, 2.05) is 35.7 Å². The molecule has 8 nitrogen and oxygen atoms in total. The van der Waals surface area contributed by atoms with E-state index >= 15 is 0 Å². The largest absolute Gasteiger partial charge is 0.465 e. The van der Waals surface area contributed by atoms with Crippen LogP contribution in [0.15, 0.2) is 48.7 Å². The molecule has 1 aliphatic heterocycles.